The maximum absolute atomic E-state index is 13.6. The summed E-state index contributed by atoms with van der Waals surface area (Å²) in [6, 6.07) is 6.74. The largest absolute Gasteiger partial charge is 0.567 e. The third-order valence-electron chi connectivity index (χ3n) is 3.41. The van der Waals surface area contributed by atoms with Crippen molar-refractivity contribution in [1.82, 2.24) is 0 Å². The number of hydrogen-bond donors (Lipinski definition) is 0. The SMILES string of the molecule is BOc1ccc(C(C)(C)C)cc1/C=N/c1c(F)cc(F)cc1F. The van der Waals surface area contributed by atoms with E-state index < -0.39 is 23.1 Å². The Morgan fingerprint density at radius 2 is 1.65 bits per heavy atom. The van der Waals surface area contributed by atoms with Gasteiger partial charge in [-0.1, -0.05) is 26.8 Å². The molecule has 0 saturated heterocycles. The van der Waals surface area contributed by atoms with Crippen LogP contribution in [0.3, 0.4) is 0 Å². The van der Waals surface area contributed by atoms with Crippen molar-refractivity contribution in [1.29, 1.82) is 0 Å². The first-order valence-electron chi connectivity index (χ1n) is 7.09. The van der Waals surface area contributed by atoms with Gasteiger partial charge in [0.2, 0.25) is 0 Å². The Morgan fingerprint density at radius 1 is 1.04 bits per heavy atom. The molecule has 0 radical (unpaired) electrons. The Bertz CT molecular complexity index is 731. The van der Waals surface area contributed by atoms with Gasteiger partial charge >= 0.3 is 8.05 Å². The van der Waals surface area contributed by atoms with E-state index in [0.717, 1.165) is 5.56 Å². The first kappa shape index (κ1) is 17.1. The third kappa shape index (κ3) is 3.94. The van der Waals surface area contributed by atoms with Gasteiger partial charge in [-0.05, 0) is 23.1 Å². The van der Waals surface area contributed by atoms with E-state index in [1.165, 1.54) is 14.3 Å². The molecule has 120 valence electrons. The molecule has 0 unspecified atom stereocenters. The molecule has 0 aliphatic heterocycles. The predicted octanol–water partition coefficient (Wildman–Crippen LogP) is 4.08. The Labute approximate surface area is 134 Å². The van der Waals surface area contributed by atoms with Gasteiger partial charge in [0.15, 0.2) is 11.6 Å². The summed E-state index contributed by atoms with van der Waals surface area (Å²) < 4.78 is 45.4. The summed E-state index contributed by atoms with van der Waals surface area (Å²) in [5, 5.41) is 0. The molecule has 6 heteroatoms. The number of halogens is 3. The van der Waals surface area contributed by atoms with Crippen LogP contribution in [0.15, 0.2) is 35.3 Å². The molecular weight excluding hydrogens is 302 g/mol. The van der Waals surface area contributed by atoms with Crippen LogP contribution in [0.4, 0.5) is 18.9 Å². The molecule has 0 fully saturated rings. The molecule has 0 saturated carbocycles. The second-order valence-electron chi connectivity index (χ2n) is 6.18. The van der Waals surface area contributed by atoms with Crippen LogP contribution in [0.5, 0.6) is 5.75 Å². The van der Waals surface area contributed by atoms with Gasteiger partial charge in [0.05, 0.1) is 0 Å². The topological polar surface area (TPSA) is 21.6 Å². The standard InChI is InChI=1S/C17H17BF3NO/c1-17(2,3)11-4-5-15(23-18)10(6-11)9-22-16-13(20)7-12(19)8-14(16)21/h4-9H,18H2,1-3H3/b22-9+. The predicted molar refractivity (Wildman–Crippen MR) is 87.9 cm³/mol. The van der Waals surface area contributed by atoms with Crippen molar-refractivity contribution in [3.8, 4) is 5.75 Å². The number of benzene rings is 2. The zero-order valence-electron chi connectivity index (χ0n) is 13.5. The van der Waals surface area contributed by atoms with Crippen LogP contribution in [0.1, 0.15) is 31.9 Å². The van der Waals surface area contributed by atoms with Crippen LogP contribution in [0, 0.1) is 17.5 Å². The average molecular weight is 319 g/mol. The second-order valence-corrected chi connectivity index (χ2v) is 6.18. The van der Waals surface area contributed by atoms with Gasteiger partial charge in [-0.2, -0.15) is 0 Å². The fourth-order valence-corrected chi connectivity index (χ4v) is 2.09. The van der Waals surface area contributed by atoms with Gasteiger partial charge in [-0.15, -0.1) is 0 Å². The molecule has 0 atom stereocenters. The van der Waals surface area contributed by atoms with Crippen molar-refractivity contribution in [2.75, 3.05) is 0 Å². The molecule has 2 nitrogen and oxygen atoms in total. The molecule has 2 aromatic carbocycles. The minimum absolute atomic E-state index is 0.0960. The van der Waals surface area contributed by atoms with Crippen molar-refractivity contribution in [3.05, 3.63) is 58.9 Å². The Morgan fingerprint density at radius 3 is 2.17 bits per heavy atom. The van der Waals surface area contributed by atoms with E-state index in [2.05, 4.69) is 25.8 Å². The molecule has 0 aliphatic rings. The molecule has 23 heavy (non-hydrogen) atoms. The van der Waals surface area contributed by atoms with E-state index in [-0.39, 0.29) is 5.41 Å². The van der Waals surface area contributed by atoms with Crippen molar-refractivity contribution < 1.29 is 17.8 Å². The van der Waals surface area contributed by atoms with E-state index in [9.17, 15) is 13.2 Å². The van der Waals surface area contributed by atoms with Crippen LogP contribution in [-0.4, -0.2) is 14.3 Å². The summed E-state index contributed by atoms with van der Waals surface area (Å²) in [6.07, 6.45) is 1.31. The highest BCUT2D eigenvalue weighted by Crippen LogP contribution is 2.28. The molecule has 0 spiro atoms. The van der Waals surface area contributed by atoms with Crippen molar-refractivity contribution >= 4 is 20.0 Å². The Hall–Kier alpha value is -2.24. The normalized spacial score (nSPS) is 11.9. The van der Waals surface area contributed by atoms with E-state index in [4.69, 9.17) is 4.65 Å². The lowest BCUT2D eigenvalue weighted by atomic mass is 9.86. The van der Waals surface area contributed by atoms with Gasteiger partial charge in [-0.3, -0.25) is 0 Å². The highest BCUT2D eigenvalue weighted by Gasteiger charge is 2.15. The lowest BCUT2D eigenvalue weighted by molar-refractivity contribution is 0.546. The third-order valence-corrected chi connectivity index (χ3v) is 3.41. The molecule has 0 heterocycles. The number of rotatable bonds is 3. The first-order chi connectivity index (χ1) is 10.7. The summed E-state index contributed by atoms with van der Waals surface area (Å²) in [5.74, 6) is -2.55. The maximum Gasteiger partial charge on any atom is 0.322 e. The van der Waals surface area contributed by atoms with Gasteiger partial charge in [0.1, 0.15) is 17.3 Å². The monoisotopic (exact) mass is 319 g/mol. The van der Waals surface area contributed by atoms with Crippen LogP contribution < -0.4 is 4.65 Å². The van der Waals surface area contributed by atoms with E-state index in [1.54, 1.807) is 6.07 Å². The fraction of sp³-hybridized carbons (Fsp3) is 0.235. The van der Waals surface area contributed by atoms with Crippen LogP contribution in [0.2, 0.25) is 0 Å². The smallest absolute Gasteiger partial charge is 0.322 e. The summed E-state index contributed by atoms with van der Waals surface area (Å²) >= 11 is 0. The van der Waals surface area contributed by atoms with Gasteiger partial charge in [0.25, 0.3) is 0 Å². The molecule has 0 bridgehead atoms. The van der Waals surface area contributed by atoms with E-state index >= 15 is 0 Å². The Kier molecular flexibility index (Phi) is 4.83. The summed E-state index contributed by atoms with van der Waals surface area (Å²) in [5.41, 5.74) is 0.985. The molecule has 0 amide bonds. The molecule has 0 aliphatic carbocycles. The van der Waals surface area contributed by atoms with Crippen molar-refractivity contribution in [2.45, 2.75) is 26.2 Å². The van der Waals surface area contributed by atoms with Crippen LogP contribution >= 0.6 is 0 Å². The first-order valence-corrected chi connectivity index (χ1v) is 7.09. The van der Waals surface area contributed by atoms with Crippen molar-refractivity contribution in [3.63, 3.8) is 0 Å². The quantitative estimate of drug-likeness (QED) is 0.617. The number of aliphatic imine (C=N–C) groups is 1. The molecule has 0 aromatic heterocycles. The lowest BCUT2D eigenvalue weighted by Gasteiger charge is -2.20. The second kappa shape index (κ2) is 6.48. The average Bonchev–Trinajstić information content (AvgIpc) is 2.44. The fourth-order valence-electron chi connectivity index (χ4n) is 2.09. The Balaban J connectivity index is 2.47. The minimum Gasteiger partial charge on any atom is -0.567 e. The van der Waals surface area contributed by atoms with Gasteiger partial charge in [-0.25, -0.2) is 18.2 Å². The van der Waals surface area contributed by atoms with Gasteiger partial charge in [0, 0.05) is 23.9 Å². The maximum atomic E-state index is 13.6. The molecule has 2 aromatic rings. The zero-order chi connectivity index (χ0) is 17.2. The van der Waals surface area contributed by atoms with Gasteiger partial charge < -0.3 is 4.65 Å². The number of hydrogen-bond acceptors (Lipinski definition) is 2. The van der Waals surface area contributed by atoms with E-state index in [1.807, 2.05) is 12.1 Å². The zero-order valence-corrected chi connectivity index (χ0v) is 13.5. The molecular formula is C17H17BF3NO. The highest BCUT2D eigenvalue weighted by atomic mass is 19.1. The molecule has 0 N–H and O–H groups in total. The summed E-state index contributed by atoms with van der Waals surface area (Å²) in [6.45, 7) is 6.15. The van der Waals surface area contributed by atoms with Crippen molar-refractivity contribution in [2.24, 2.45) is 4.99 Å². The number of nitrogens with zero attached hydrogens (tertiary/aromatic N) is 1. The lowest BCUT2D eigenvalue weighted by Crippen LogP contribution is -2.11. The summed E-state index contributed by atoms with van der Waals surface area (Å²) in [7, 11) is 1.50. The minimum atomic E-state index is -1.05. The molecule has 2 rings (SSSR count). The van der Waals surface area contributed by atoms with Crippen LogP contribution in [0.25, 0.3) is 0 Å². The highest BCUT2D eigenvalue weighted by molar-refractivity contribution is 6.01. The summed E-state index contributed by atoms with van der Waals surface area (Å²) in [4.78, 5) is 3.83. The van der Waals surface area contributed by atoms with Crippen LogP contribution in [-0.2, 0) is 5.41 Å². The van der Waals surface area contributed by atoms with E-state index in [0.29, 0.717) is 23.4 Å².